The highest BCUT2D eigenvalue weighted by Gasteiger charge is 2.13. The number of hydrogen-bond donors (Lipinski definition) is 1. The zero-order chi connectivity index (χ0) is 13.0. The molecule has 0 aliphatic rings. The van der Waals surface area contributed by atoms with E-state index >= 15 is 0 Å². The van der Waals surface area contributed by atoms with Crippen LogP contribution in [0.2, 0.25) is 10.0 Å². The number of halogens is 2. The molecular weight excluding hydrogens is 261 g/mol. The highest BCUT2D eigenvalue weighted by molar-refractivity contribution is 6.37. The van der Waals surface area contributed by atoms with Gasteiger partial charge in [-0.3, -0.25) is 4.79 Å². The predicted octanol–water partition coefficient (Wildman–Crippen LogP) is 3.39. The van der Waals surface area contributed by atoms with Gasteiger partial charge in [0.2, 0.25) is 0 Å². The topological polar surface area (TPSA) is 38.3 Å². The second-order valence-corrected chi connectivity index (χ2v) is 4.89. The molecule has 1 N–H and O–H groups in total. The lowest BCUT2D eigenvalue weighted by atomic mass is 10.2. The van der Waals surface area contributed by atoms with E-state index in [0.717, 1.165) is 0 Å². The van der Waals surface area contributed by atoms with Crippen LogP contribution in [0.3, 0.4) is 0 Å². The fraction of sp³-hybridized carbons (Fsp3) is 0.417. The van der Waals surface area contributed by atoms with Gasteiger partial charge < -0.3 is 10.1 Å². The molecule has 5 heteroatoms. The maximum atomic E-state index is 11.8. The number of nitrogens with one attached hydrogen (secondary N) is 1. The Labute approximate surface area is 111 Å². The number of carbonyl (C=O) groups excluding carboxylic acids is 1. The Morgan fingerprint density at radius 3 is 2.29 bits per heavy atom. The highest BCUT2D eigenvalue weighted by atomic mass is 35.5. The number of methoxy groups -OCH3 is 1. The van der Waals surface area contributed by atoms with E-state index in [4.69, 9.17) is 27.9 Å². The number of amides is 1. The molecule has 0 aliphatic carbocycles. The Morgan fingerprint density at radius 1 is 1.35 bits per heavy atom. The van der Waals surface area contributed by atoms with E-state index in [2.05, 4.69) is 5.32 Å². The van der Waals surface area contributed by atoms with Crippen molar-refractivity contribution in [1.29, 1.82) is 0 Å². The summed E-state index contributed by atoms with van der Waals surface area (Å²) in [5.74, 6) is 0.585. The van der Waals surface area contributed by atoms with Crippen LogP contribution < -0.4 is 10.1 Å². The smallest absolute Gasteiger partial charge is 0.251 e. The maximum Gasteiger partial charge on any atom is 0.251 e. The lowest BCUT2D eigenvalue weighted by molar-refractivity contribution is 0.0949. The van der Waals surface area contributed by atoms with Crippen molar-refractivity contribution in [3.8, 4) is 5.75 Å². The fourth-order valence-corrected chi connectivity index (χ4v) is 1.93. The van der Waals surface area contributed by atoms with E-state index in [0.29, 0.717) is 33.8 Å². The van der Waals surface area contributed by atoms with E-state index in [1.165, 1.54) is 7.11 Å². The summed E-state index contributed by atoms with van der Waals surface area (Å²) >= 11 is 11.9. The van der Waals surface area contributed by atoms with Crippen molar-refractivity contribution >= 4 is 29.1 Å². The van der Waals surface area contributed by atoms with Crippen LogP contribution in [0.25, 0.3) is 0 Å². The van der Waals surface area contributed by atoms with Gasteiger partial charge in [0, 0.05) is 12.1 Å². The molecule has 0 aromatic heterocycles. The van der Waals surface area contributed by atoms with Crippen LogP contribution in [0, 0.1) is 5.92 Å². The van der Waals surface area contributed by atoms with E-state index < -0.39 is 0 Å². The van der Waals surface area contributed by atoms with Crippen LogP contribution in [-0.4, -0.2) is 19.6 Å². The first-order valence-electron chi connectivity index (χ1n) is 5.27. The molecule has 1 amide bonds. The molecule has 0 radical (unpaired) electrons. The predicted molar refractivity (Wildman–Crippen MR) is 70.2 cm³/mol. The molecule has 0 spiro atoms. The van der Waals surface area contributed by atoms with Gasteiger partial charge in [0.25, 0.3) is 5.91 Å². The van der Waals surface area contributed by atoms with Crippen molar-refractivity contribution in [2.24, 2.45) is 5.92 Å². The van der Waals surface area contributed by atoms with E-state index in [-0.39, 0.29) is 5.91 Å². The second kappa shape index (κ2) is 6.12. The molecule has 0 saturated carbocycles. The molecule has 0 fully saturated rings. The summed E-state index contributed by atoms with van der Waals surface area (Å²) < 4.78 is 5.01. The van der Waals surface area contributed by atoms with Crippen LogP contribution in [-0.2, 0) is 0 Å². The zero-order valence-corrected chi connectivity index (χ0v) is 11.5. The van der Waals surface area contributed by atoms with E-state index in [9.17, 15) is 4.79 Å². The van der Waals surface area contributed by atoms with Crippen molar-refractivity contribution in [2.45, 2.75) is 13.8 Å². The molecule has 0 aliphatic heterocycles. The summed E-state index contributed by atoms with van der Waals surface area (Å²) in [4.78, 5) is 11.8. The Bertz CT molecular complexity index is 396. The Hall–Kier alpha value is -0.930. The second-order valence-electron chi connectivity index (χ2n) is 4.08. The average Bonchev–Trinajstić information content (AvgIpc) is 2.25. The van der Waals surface area contributed by atoms with Crippen LogP contribution in [0.4, 0.5) is 0 Å². The van der Waals surface area contributed by atoms with Crippen molar-refractivity contribution in [3.05, 3.63) is 27.7 Å². The Morgan fingerprint density at radius 2 is 1.88 bits per heavy atom. The SMILES string of the molecule is COc1c(Cl)cc(C(=O)NCC(C)C)cc1Cl. The summed E-state index contributed by atoms with van der Waals surface area (Å²) in [5, 5.41) is 3.45. The Balaban J connectivity index is 2.89. The molecule has 1 aromatic rings. The van der Waals surface area contributed by atoms with Gasteiger partial charge in [-0.25, -0.2) is 0 Å². The van der Waals surface area contributed by atoms with Crippen molar-refractivity contribution in [3.63, 3.8) is 0 Å². The average molecular weight is 276 g/mol. The van der Waals surface area contributed by atoms with E-state index in [1.807, 2.05) is 13.8 Å². The van der Waals surface area contributed by atoms with Crippen molar-refractivity contribution in [1.82, 2.24) is 5.32 Å². The molecule has 0 atom stereocenters. The van der Waals surface area contributed by atoms with Gasteiger partial charge in [0.15, 0.2) is 5.75 Å². The third-order valence-electron chi connectivity index (χ3n) is 2.14. The third-order valence-corrected chi connectivity index (χ3v) is 2.70. The summed E-state index contributed by atoms with van der Waals surface area (Å²) in [5.41, 5.74) is 0.432. The fourth-order valence-electron chi connectivity index (χ4n) is 1.28. The highest BCUT2D eigenvalue weighted by Crippen LogP contribution is 2.33. The van der Waals surface area contributed by atoms with Gasteiger partial charge in [-0.05, 0) is 18.1 Å². The molecular formula is C12H15Cl2NO2. The zero-order valence-electron chi connectivity index (χ0n) is 10.0. The number of benzene rings is 1. The first-order valence-corrected chi connectivity index (χ1v) is 6.02. The van der Waals surface area contributed by atoms with Crippen molar-refractivity contribution in [2.75, 3.05) is 13.7 Å². The van der Waals surface area contributed by atoms with E-state index in [1.54, 1.807) is 12.1 Å². The summed E-state index contributed by atoms with van der Waals surface area (Å²) in [6, 6.07) is 3.09. The summed E-state index contributed by atoms with van der Waals surface area (Å²) in [6.07, 6.45) is 0. The van der Waals surface area contributed by atoms with Gasteiger partial charge in [-0.15, -0.1) is 0 Å². The first kappa shape index (κ1) is 14.1. The minimum Gasteiger partial charge on any atom is -0.494 e. The molecule has 3 nitrogen and oxygen atoms in total. The molecule has 17 heavy (non-hydrogen) atoms. The van der Waals surface area contributed by atoms with Crippen LogP contribution >= 0.6 is 23.2 Å². The Kier molecular flexibility index (Phi) is 5.09. The summed E-state index contributed by atoms with van der Waals surface area (Å²) in [7, 11) is 1.48. The number of carbonyl (C=O) groups is 1. The minimum absolute atomic E-state index is 0.190. The molecule has 0 bridgehead atoms. The summed E-state index contributed by atoms with van der Waals surface area (Å²) in [6.45, 7) is 4.66. The molecule has 94 valence electrons. The monoisotopic (exact) mass is 275 g/mol. The normalized spacial score (nSPS) is 10.5. The number of ether oxygens (including phenoxy) is 1. The first-order chi connectivity index (χ1) is 7.95. The van der Waals surface area contributed by atoms with Crippen LogP contribution in [0.15, 0.2) is 12.1 Å². The van der Waals surface area contributed by atoms with Crippen molar-refractivity contribution < 1.29 is 9.53 Å². The van der Waals surface area contributed by atoms with Crippen LogP contribution in [0.5, 0.6) is 5.75 Å². The number of rotatable bonds is 4. The molecule has 0 unspecified atom stereocenters. The molecule has 1 rings (SSSR count). The molecule has 0 heterocycles. The van der Waals surface area contributed by atoms with Gasteiger partial charge in [0.1, 0.15) is 0 Å². The van der Waals surface area contributed by atoms with Gasteiger partial charge >= 0.3 is 0 Å². The van der Waals surface area contributed by atoms with Gasteiger partial charge in [-0.1, -0.05) is 37.0 Å². The molecule has 0 saturated heterocycles. The lowest BCUT2D eigenvalue weighted by Gasteiger charge is -2.10. The van der Waals surface area contributed by atoms with Gasteiger partial charge in [-0.2, -0.15) is 0 Å². The minimum atomic E-state index is -0.190. The standard InChI is InChI=1S/C12H15Cl2NO2/c1-7(2)6-15-12(16)8-4-9(13)11(17-3)10(14)5-8/h4-5,7H,6H2,1-3H3,(H,15,16). The largest absolute Gasteiger partial charge is 0.494 e. The maximum absolute atomic E-state index is 11.8. The van der Waals surface area contributed by atoms with Crippen LogP contribution in [0.1, 0.15) is 24.2 Å². The quantitative estimate of drug-likeness (QED) is 0.915. The number of hydrogen-bond acceptors (Lipinski definition) is 2. The van der Waals surface area contributed by atoms with Gasteiger partial charge in [0.05, 0.1) is 17.2 Å². The lowest BCUT2D eigenvalue weighted by Crippen LogP contribution is -2.27. The molecule has 1 aromatic carbocycles. The third kappa shape index (κ3) is 3.79.